The molecule has 0 atom stereocenters. The fraction of sp³-hybridized carbons (Fsp3) is 0. The number of amides is 3. The van der Waals surface area contributed by atoms with Crippen molar-refractivity contribution in [1.82, 2.24) is 15.8 Å². The van der Waals surface area contributed by atoms with Crippen molar-refractivity contribution in [3.8, 4) is 0 Å². The molecule has 0 saturated carbocycles. The zero-order valence-corrected chi connectivity index (χ0v) is 12.1. The lowest BCUT2D eigenvalue weighted by Gasteiger charge is -2.11. The Morgan fingerprint density at radius 1 is 0.826 bits per heavy atom. The van der Waals surface area contributed by atoms with Crippen LogP contribution < -0.4 is 16.2 Å². The highest BCUT2D eigenvalue weighted by molar-refractivity contribution is 6.02. The van der Waals surface area contributed by atoms with E-state index >= 15 is 0 Å². The Kier molecular flexibility index (Phi) is 4.15. The maximum absolute atomic E-state index is 11.9. The van der Waals surface area contributed by atoms with Crippen LogP contribution in [0, 0.1) is 0 Å². The van der Waals surface area contributed by atoms with Crippen molar-refractivity contribution in [2.24, 2.45) is 0 Å². The fourth-order valence-corrected chi connectivity index (χ4v) is 2.18. The number of aromatic nitrogens is 1. The number of rotatable bonds is 2. The molecule has 0 radical (unpaired) electrons. The van der Waals surface area contributed by atoms with E-state index in [2.05, 4.69) is 21.2 Å². The number of nitrogens with zero attached hydrogens (tertiary/aromatic N) is 1. The molecular formula is C17H14N4O2. The molecule has 23 heavy (non-hydrogen) atoms. The van der Waals surface area contributed by atoms with Gasteiger partial charge in [0.05, 0.1) is 5.69 Å². The van der Waals surface area contributed by atoms with Crippen LogP contribution in [-0.4, -0.2) is 16.9 Å². The molecule has 0 saturated heterocycles. The van der Waals surface area contributed by atoms with Gasteiger partial charge in [0, 0.05) is 23.3 Å². The van der Waals surface area contributed by atoms with E-state index in [0.29, 0.717) is 11.3 Å². The summed E-state index contributed by atoms with van der Waals surface area (Å²) in [5.41, 5.74) is 5.74. The van der Waals surface area contributed by atoms with Gasteiger partial charge in [-0.3, -0.25) is 15.2 Å². The molecule has 6 nitrogen and oxygen atoms in total. The second-order valence-corrected chi connectivity index (χ2v) is 4.80. The molecule has 1 aromatic heterocycles. The molecule has 0 aliphatic carbocycles. The number of nitrogens with one attached hydrogen (secondary N) is 3. The van der Waals surface area contributed by atoms with Crippen molar-refractivity contribution in [2.45, 2.75) is 0 Å². The van der Waals surface area contributed by atoms with Gasteiger partial charge in [-0.05, 0) is 23.6 Å². The predicted molar refractivity (Wildman–Crippen MR) is 87.8 cm³/mol. The first-order chi connectivity index (χ1) is 11.2. The van der Waals surface area contributed by atoms with Crippen LogP contribution in [0.5, 0.6) is 0 Å². The van der Waals surface area contributed by atoms with Crippen LogP contribution in [0.2, 0.25) is 0 Å². The van der Waals surface area contributed by atoms with Gasteiger partial charge < -0.3 is 5.32 Å². The molecule has 6 heteroatoms. The third-order valence-electron chi connectivity index (χ3n) is 3.27. The molecule has 0 bridgehead atoms. The summed E-state index contributed by atoms with van der Waals surface area (Å²) < 4.78 is 0. The van der Waals surface area contributed by atoms with E-state index in [1.807, 2.05) is 36.4 Å². The molecule has 0 aliphatic heterocycles. The van der Waals surface area contributed by atoms with Gasteiger partial charge in [-0.1, -0.05) is 36.4 Å². The van der Waals surface area contributed by atoms with Crippen molar-refractivity contribution in [3.05, 3.63) is 72.6 Å². The van der Waals surface area contributed by atoms with Crippen molar-refractivity contribution >= 4 is 28.4 Å². The van der Waals surface area contributed by atoms with Gasteiger partial charge in [-0.2, -0.15) is 0 Å². The molecule has 1 heterocycles. The number of benzene rings is 2. The van der Waals surface area contributed by atoms with Gasteiger partial charge in [0.2, 0.25) is 0 Å². The highest BCUT2D eigenvalue weighted by Crippen LogP contribution is 2.22. The lowest BCUT2D eigenvalue weighted by Crippen LogP contribution is -2.43. The zero-order valence-electron chi connectivity index (χ0n) is 12.1. The Labute approximate surface area is 132 Å². The topological polar surface area (TPSA) is 83.1 Å². The number of fused-ring (bicyclic) bond motifs is 1. The first-order valence-corrected chi connectivity index (χ1v) is 6.99. The van der Waals surface area contributed by atoms with Crippen molar-refractivity contribution in [3.63, 3.8) is 0 Å². The Morgan fingerprint density at radius 2 is 1.57 bits per heavy atom. The molecule has 3 aromatic rings. The van der Waals surface area contributed by atoms with E-state index < -0.39 is 11.9 Å². The number of urea groups is 1. The van der Waals surface area contributed by atoms with Crippen molar-refractivity contribution < 1.29 is 9.59 Å². The summed E-state index contributed by atoms with van der Waals surface area (Å²) in [6.45, 7) is 0. The van der Waals surface area contributed by atoms with Gasteiger partial charge in [-0.25, -0.2) is 10.2 Å². The number of hydrogen-bond acceptors (Lipinski definition) is 3. The second-order valence-electron chi connectivity index (χ2n) is 4.80. The van der Waals surface area contributed by atoms with Crippen LogP contribution in [-0.2, 0) is 0 Å². The lowest BCUT2D eigenvalue weighted by atomic mass is 10.1. The predicted octanol–water partition coefficient (Wildman–Crippen LogP) is 2.70. The maximum Gasteiger partial charge on any atom is 0.337 e. The second kappa shape index (κ2) is 6.57. The SMILES string of the molecule is O=C(NNC(=O)c1ccncc1)Nc1cccc2ccccc12. The van der Waals surface area contributed by atoms with Crippen LogP contribution in [0.4, 0.5) is 10.5 Å². The van der Waals surface area contributed by atoms with Crippen LogP contribution in [0.1, 0.15) is 10.4 Å². The van der Waals surface area contributed by atoms with Gasteiger partial charge in [-0.15, -0.1) is 0 Å². The normalized spacial score (nSPS) is 10.1. The van der Waals surface area contributed by atoms with Crippen LogP contribution >= 0.6 is 0 Å². The first kappa shape index (κ1) is 14.5. The molecule has 3 rings (SSSR count). The van der Waals surface area contributed by atoms with Crippen molar-refractivity contribution in [2.75, 3.05) is 5.32 Å². The summed E-state index contributed by atoms with van der Waals surface area (Å²) in [4.78, 5) is 27.6. The molecule has 0 fully saturated rings. The maximum atomic E-state index is 11.9. The monoisotopic (exact) mass is 306 g/mol. The van der Waals surface area contributed by atoms with E-state index in [0.717, 1.165) is 10.8 Å². The Bertz CT molecular complexity index is 844. The molecule has 114 valence electrons. The Hall–Kier alpha value is -3.41. The van der Waals surface area contributed by atoms with Crippen LogP contribution in [0.25, 0.3) is 10.8 Å². The lowest BCUT2D eigenvalue weighted by molar-refractivity contribution is 0.0938. The van der Waals surface area contributed by atoms with E-state index in [1.54, 1.807) is 18.2 Å². The van der Waals surface area contributed by atoms with Gasteiger partial charge in [0.15, 0.2) is 0 Å². The molecule has 0 aliphatic rings. The Balaban J connectivity index is 1.64. The number of anilines is 1. The zero-order chi connectivity index (χ0) is 16.1. The molecular weight excluding hydrogens is 292 g/mol. The standard InChI is InChI=1S/C17H14N4O2/c22-16(13-8-10-18-11-9-13)20-21-17(23)19-15-7-3-5-12-4-1-2-6-14(12)15/h1-11H,(H,20,22)(H2,19,21,23). The van der Waals surface area contributed by atoms with Gasteiger partial charge in [0.1, 0.15) is 0 Å². The summed E-state index contributed by atoms with van der Waals surface area (Å²) in [6.07, 6.45) is 3.01. The van der Waals surface area contributed by atoms with E-state index in [4.69, 9.17) is 0 Å². The minimum atomic E-state index is -0.524. The number of carbonyl (C=O) groups excluding carboxylic acids is 2. The largest absolute Gasteiger partial charge is 0.337 e. The average molecular weight is 306 g/mol. The van der Waals surface area contributed by atoms with Crippen LogP contribution in [0.15, 0.2) is 67.0 Å². The molecule has 3 amide bonds. The van der Waals surface area contributed by atoms with Crippen molar-refractivity contribution in [1.29, 1.82) is 0 Å². The summed E-state index contributed by atoms with van der Waals surface area (Å²) >= 11 is 0. The highest BCUT2D eigenvalue weighted by atomic mass is 16.2. The molecule has 0 spiro atoms. The fourth-order valence-electron chi connectivity index (χ4n) is 2.18. The molecule has 3 N–H and O–H groups in total. The first-order valence-electron chi connectivity index (χ1n) is 6.99. The third-order valence-corrected chi connectivity index (χ3v) is 3.27. The van der Waals surface area contributed by atoms with E-state index in [9.17, 15) is 9.59 Å². The summed E-state index contributed by atoms with van der Waals surface area (Å²) in [5.74, 6) is -0.416. The smallest absolute Gasteiger partial charge is 0.306 e. The minimum Gasteiger partial charge on any atom is -0.306 e. The molecule has 2 aromatic carbocycles. The summed E-state index contributed by atoms with van der Waals surface area (Å²) in [5, 5.41) is 4.66. The number of hydrogen-bond donors (Lipinski definition) is 3. The summed E-state index contributed by atoms with van der Waals surface area (Å²) in [6, 6.07) is 15.9. The van der Waals surface area contributed by atoms with Gasteiger partial charge >= 0.3 is 6.03 Å². The number of hydrazine groups is 1. The number of pyridine rings is 1. The minimum absolute atomic E-state index is 0.408. The molecule has 0 unspecified atom stereocenters. The van der Waals surface area contributed by atoms with Crippen LogP contribution in [0.3, 0.4) is 0 Å². The number of carbonyl (C=O) groups is 2. The quantitative estimate of drug-likeness (QED) is 0.637. The summed E-state index contributed by atoms with van der Waals surface area (Å²) in [7, 11) is 0. The Morgan fingerprint density at radius 3 is 2.39 bits per heavy atom. The van der Waals surface area contributed by atoms with Gasteiger partial charge in [0.25, 0.3) is 5.91 Å². The van der Waals surface area contributed by atoms with E-state index in [-0.39, 0.29) is 0 Å². The third kappa shape index (κ3) is 3.44. The van der Waals surface area contributed by atoms with E-state index in [1.165, 1.54) is 12.4 Å². The highest BCUT2D eigenvalue weighted by Gasteiger charge is 2.08. The average Bonchev–Trinajstić information content (AvgIpc) is 2.61.